The molecule has 0 spiro atoms. The van der Waals surface area contributed by atoms with Gasteiger partial charge in [0.2, 0.25) is 15.9 Å². The van der Waals surface area contributed by atoms with Crippen molar-refractivity contribution in [2.75, 3.05) is 0 Å². The van der Waals surface area contributed by atoms with Crippen LogP contribution in [0, 0.1) is 0 Å². The molecule has 2 saturated heterocycles. The third-order valence-electron chi connectivity index (χ3n) is 6.44. The van der Waals surface area contributed by atoms with E-state index in [1.807, 2.05) is 36.4 Å². The SMILES string of the molecule is O=S(=O)(c1ccc2c(c1)CCCC2)N1C2CCC1CC(Oc1ccccn1)C2. The number of pyridine rings is 1. The summed E-state index contributed by atoms with van der Waals surface area (Å²) in [7, 11) is -3.47. The van der Waals surface area contributed by atoms with Crippen molar-refractivity contribution in [1.29, 1.82) is 0 Å². The number of rotatable bonds is 4. The fraction of sp³-hybridized carbons (Fsp3) is 0.500. The van der Waals surface area contributed by atoms with E-state index in [1.165, 1.54) is 17.5 Å². The molecule has 0 saturated carbocycles. The molecular formula is C22H26N2O3S. The van der Waals surface area contributed by atoms with E-state index >= 15 is 0 Å². The lowest BCUT2D eigenvalue weighted by atomic mass is 9.92. The van der Waals surface area contributed by atoms with Crippen molar-refractivity contribution in [2.45, 2.75) is 74.4 Å². The third kappa shape index (κ3) is 3.22. The van der Waals surface area contributed by atoms with E-state index in [2.05, 4.69) is 4.98 Å². The van der Waals surface area contributed by atoms with Gasteiger partial charge >= 0.3 is 0 Å². The summed E-state index contributed by atoms with van der Waals surface area (Å²) >= 11 is 0. The van der Waals surface area contributed by atoms with Crippen LogP contribution in [-0.4, -0.2) is 35.9 Å². The summed E-state index contributed by atoms with van der Waals surface area (Å²) in [6.45, 7) is 0. The standard InChI is InChI=1S/C22H26N2O3S/c25-28(26,21-11-8-16-5-1-2-6-17(16)13-21)24-18-9-10-19(24)15-20(14-18)27-22-7-3-4-12-23-22/h3-4,7-8,11-13,18-20H,1-2,5-6,9-10,14-15H2. The maximum atomic E-state index is 13.5. The van der Waals surface area contributed by atoms with E-state index in [-0.39, 0.29) is 18.2 Å². The molecule has 2 unspecified atom stereocenters. The van der Waals surface area contributed by atoms with Crippen molar-refractivity contribution in [2.24, 2.45) is 0 Å². The Balaban J connectivity index is 1.37. The minimum absolute atomic E-state index is 0.0218. The first-order chi connectivity index (χ1) is 13.6. The smallest absolute Gasteiger partial charge is 0.243 e. The third-order valence-corrected chi connectivity index (χ3v) is 8.44. The largest absolute Gasteiger partial charge is 0.474 e. The van der Waals surface area contributed by atoms with Crippen molar-refractivity contribution in [3.05, 3.63) is 53.7 Å². The Morgan fingerprint density at radius 1 is 0.964 bits per heavy atom. The van der Waals surface area contributed by atoms with E-state index in [9.17, 15) is 8.42 Å². The second kappa shape index (κ2) is 7.16. The predicted molar refractivity (Wildman–Crippen MR) is 107 cm³/mol. The number of sulfonamides is 1. The van der Waals surface area contributed by atoms with Crippen LogP contribution in [0.15, 0.2) is 47.5 Å². The first kappa shape index (κ1) is 18.1. The van der Waals surface area contributed by atoms with Crippen LogP contribution in [0.1, 0.15) is 49.7 Å². The molecular weight excluding hydrogens is 372 g/mol. The zero-order valence-corrected chi connectivity index (χ0v) is 16.8. The van der Waals surface area contributed by atoms with Crippen molar-refractivity contribution in [3.63, 3.8) is 0 Å². The van der Waals surface area contributed by atoms with E-state index in [0.717, 1.165) is 44.9 Å². The second-order valence-corrected chi connectivity index (χ2v) is 10.1. The number of nitrogens with zero attached hydrogens (tertiary/aromatic N) is 2. The van der Waals surface area contributed by atoms with E-state index in [4.69, 9.17) is 4.74 Å². The molecule has 2 fully saturated rings. The molecule has 1 aromatic heterocycles. The van der Waals surface area contributed by atoms with Crippen molar-refractivity contribution < 1.29 is 13.2 Å². The molecule has 6 heteroatoms. The molecule has 0 amide bonds. The van der Waals surface area contributed by atoms with Gasteiger partial charge in [0.25, 0.3) is 0 Å². The number of piperidine rings is 1. The molecule has 0 radical (unpaired) electrons. The normalized spacial score (nSPS) is 27.4. The topological polar surface area (TPSA) is 59.5 Å². The maximum absolute atomic E-state index is 13.5. The van der Waals surface area contributed by atoms with Gasteiger partial charge in [0.05, 0.1) is 4.90 Å². The highest BCUT2D eigenvalue weighted by Crippen LogP contribution is 2.41. The van der Waals surface area contributed by atoms with E-state index in [1.54, 1.807) is 10.5 Å². The van der Waals surface area contributed by atoms with Gasteiger partial charge < -0.3 is 4.74 Å². The van der Waals surface area contributed by atoms with Gasteiger partial charge in [-0.25, -0.2) is 13.4 Å². The Bertz CT molecular complexity index is 947. The Hall–Kier alpha value is -1.92. The summed E-state index contributed by atoms with van der Waals surface area (Å²) in [5.74, 6) is 0.623. The highest BCUT2D eigenvalue weighted by molar-refractivity contribution is 7.89. The molecule has 5 rings (SSSR count). The molecule has 148 valence electrons. The minimum atomic E-state index is -3.47. The highest BCUT2D eigenvalue weighted by Gasteiger charge is 2.48. The highest BCUT2D eigenvalue weighted by atomic mass is 32.2. The quantitative estimate of drug-likeness (QED) is 0.788. The van der Waals surface area contributed by atoms with E-state index in [0.29, 0.717) is 10.8 Å². The zero-order valence-electron chi connectivity index (χ0n) is 16.0. The fourth-order valence-electron chi connectivity index (χ4n) is 5.15. The molecule has 5 nitrogen and oxygen atoms in total. The maximum Gasteiger partial charge on any atom is 0.243 e. The zero-order chi connectivity index (χ0) is 19.1. The summed E-state index contributed by atoms with van der Waals surface area (Å²) in [5.41, 5.74) is 2.53. The predicted octanol–water partition coefficient (Wildman–Crippen LogP) is 3.72. The summed E-state index contributed by atoms with van der Waals surface area (Å²) in [6, 6.07) is 11.5. The first-order valence-corrected chi connectivity index (χ1v) is 11.8. The second-order valence-electron chi connectivity index (χ2n) is 8.24. The van der Waals surface area contributed by atoms with Crippen molar-refractivity contribution >= 4 is 10.0 Å². The molecule has 2 atom stereocenters. The monoisotopic (exact) mass is 398 g/mol. The van der Waals surface area contributed by atoms with Gasteiger partial charge in [-0.1, -0.05) is 12.1 Å². The van der Waals surface area contributed by atoms with Gasteiger partial charge in [-0.05, 0) is 67.9 Å². The van der Waals surface area contributed by atoms with Crippen LogP contribution >= 0.6 is 0 Å². The minimum Gasteiger partial charge on any atom is -0.474 e. The molecule has 2 bridgehead atoms. The van der Waals surface area contributed by atoms with Crippen molar-refractivity contribution in [3.8, 4) is 5.88 Å². The molecule has 2 aliphatic heterocycles. The van der Waals surface area contributed by atoms with Gasteiger partial charge in [0.15, 0.2) is 0 Å². The lowest BCUT2D eigenvalue weighted by Crippen LogP contribution is -2.49. The van der Waals surface area contributed by atoms with Crippen molar-refractivity contribution in [1.82, 2.24) is 9.29 Å². The number of benzene rings is 1. The fourth-order valence-corrected chi connectivity index (χ4v) is 7.09. The van der Waals surface area contributed by atoms with Gasteiger partial charge in [-0.15, -0.1) is 0 Å². The number of ether oxygens (including phenoxy) is 1. The number of aryl methyl sites for hydroxylation is 2. The Kier molecular flexibility index (Phi) is 4.63. The van der Waals surface area contributed by atoms with Gasteiger partial charge in [-0.2, -0.15) is 4.31 Å². The van der Waals surface area contributed by atoms with Crippen LogP contribution in [0.4, 0.5) is 0 Å². The first-order valence-electron chi connectivity index (χ1n) is 10.3. The number of hydrogen-bond donors (Lipinski definition) is 0. The van der Waals surface area contributed by atoms with E-state index < -0.39 is 10.0 Å². The Labute approximate surface area is 166 Å². The molecule has 1 aromatic carbocycles. The lowest BCUT2D eigenvalue weighted by molar-refractivity contribution is 0.0918. The van der Waals surface area contributed by atoms with Gasteiger partial charge in [0, 0.05) is 37.2 Å². The average Bonchev–Trinajstić information content (AvgIpc) is 3.00. The molecule has 28 heavy (non-hydrogen) atoms. The number of aromatic nitrogens is 1. The Morgan fingerprint density at radius 2 is 1.71 bits per heavy atom. The molecule has 2 aromatic rings. The molecule has 3 heterocycles. The number of hydrogen-bond acceptors (Lipinski definition) is 4. The van der Waals surface area contributed by atoms with Crippen LogP contribution in [0.25, 0.3) is 0 Å². The van der Waals surface area contributed by atoms with Crippen LogP contribution in [0.5, 0.6) is 5.88 Å². The lowest BCUT2D eigenvalue weighted by Gasteiger charge is -2.37. The van der Waals surface area contributed by atoms with Crippen LogP contribution in [0.3, 0.4) is 0 Å². The van der Waals surface area contributed by atoms with Crippen LogP contribution in [0.2, 0.25) is 0 Å². The average molecular weight is 399 g/mol. The van der Waals surface area contributed by atoms with Gasteiger partial charge in [-0.3, -0.25) is 0 Å². The van der Waals surface area contributed by atoms with Gasteiger partial charge in [0.1, 0.15) is 6.10 Å². The van der Waals surface area contributed by atoms with Crippen LogP contribution in [-0.2, 0) is 22.9 Å². The molecule has 1 aliphatic carbocycles. The summed E-state index contributed by atoms with van der Waals surface area (Å²) < 4.78 is 34.8. The molecule has 3 aliphatic rings. The number of fused-ring (bicyclic) bond motifs is 3. The van der Waals surface area contributed by atoms with Crippen LogP contribution < -0.4 is 4.74 Å². The summed E-state index contributed by atoms with van der Waals surface area (Å²) in [5, 5.41) is 0. The summed E-state index contributed by atoms with van der Waals surface area (Å²) in [6.07, 6.45) is 9.46. The molecule has 0 N–H and O–H groups in total. The summed E-state index contributed by atoms with van der Waals surface area (Å²) in [4.78, 5) is 4.71. The Morgan fingerprint density at radius 3 is 2.43 bits per heavy atom.